The van der Waals surface area contributed by atoms with Crippen molar-refractivity contribution in [1.82, 2.24) is 20.6 Å². The van der Waals surface area contributed by atoms with Gasteiger partial charge in [-0.25, -0.2) is 9.98 Å². The molecule has 0 unspecified atom stereocenters. The fourth-order valence-corrected chi connectivity index (χ4v) is 2.67. The summed E-state index contributed by atoms with van der Waals surface area (Å²) in [4.78, 5) is 23.6. The molecule has 1 fully saturated rings. The van der Waals surface area contributed by atoms with Gasteiger partial charge in [0.15, 0.2) is 0 Å². The molecule has 6 nitrogen and oxygen atoms in total. The predicted molar refractivity (Wildman–Crippen MR) is 85.4 cm³/mol. The highest BCUT2D eigenvalue weighted by atomic mass is 35.5. The Morgan fingerprint density at radius 1 is 1.45 bits per heavy atom. The predicted octanol–water partition coefficient (Wildman–Crippen LogP) is 2.04. The summed E-state index contributed by atoms with van der Waals surface area (Å²) in [5.41, 5.74) is 1.85. The number of amides is 1. The summed E-state index contributed by atoms with van der Waals surface area (Å²) in [5.74, 6) is 1.02. The minimum absolute atomic E-state index is 0.215. The maximum Gasteiger partial charge on any atom is 0.276 e. The van der Waals surface area contributed by atoms with Crippen LogP contribution in [0.5, 0.6) is 0 Å². The van der Waals surface area contributed by atoms with Gasteiger partial charge in [0.25, 0.3) is 5.91 Å². The standard InChI is InChI=1S/C15H14ClN5O/c16-10-3-4-17-13-12(10)9(7-18-13)5-11-14(22)21-15(20-11)19-6-8-1-2-8/h3-5,7-8H,1-2,6H2,(H,17,18)(H2,19,20,21,22). The largest absolute Gasteiger partial charge is 0.355 e. The number of carbonyl (C=O) groups excluding carboxylic acids is 1. The quantitative estimate of drug-likeness (QED) is 0.758. The molecule has 22 heavy (non-hydrogen) atoms. The van der Waals surface area contributed by atoms with Gasteiger partial charge in [-0.2, -0.15) is 0 Å². The summed E-state index contributed by atoms with van der Waals surface area (Å²) in [6.07, 6.45) is 7.62. The van der Waals surface area contributed by atoms with Crippen molar-refractivity contribution in [2.24, 2.45) is 10.9 Å². The Morgan fingerprint density at radius 3 is 3.14 bits per heavy atom. The first-order valence-corrected chi connectivity index (χ1v) is 7.56. The molecular weight excluding hydrogens is 302 g/mol. The third kappa shape index (κ3) is 2.46. The molecule has 0 spiro atoms. The first-order valence-electron chi connectivity index (χ1n) is 7.18. The lowest BCUT2D eigenvalue weighted by molar-refractivity contribution is -0.115. The molecule has 0 atom stereocenters. The van der Waals surface area contributed by atoms with E-state index in [-0.39, 0.29) is 5.91 Å². The highest BCUT2D eigenvalue weighted by molar-refractivity contribution is 6.35. The molecule has 1 aliphatic carbocycles. The van der Waals surface area contributed by atoms with E-state index in [1.165, 1.54) is 12.8 Å². The van der Waals surface area contributed by atoms with Crippen molar-refractivity contribution in [3.05, 3.63) is 34.7 Å². The number of nitrogens with zero attached hydrogens (tertiary/aromatic N) is 2. The molecule has 0 aromatic carbocycles. The van der Waals surface area contributed by atoms with E-state index in [0.717, 1.165) is 17.5 Å². The Bertz CT molecular complexity index is 818. The number of aromatic amines is 1. The smallest absolute Gasteiger partial charge is 0.276 e. The van der Waals surface area contributed by atoms with E-state index in [1.807, 2.05) is 0 Å². The van der Waals surface area contributed by atoms with Crippen LogP contribution in [0.1, 0.15) is 18.4 Å². The minimum Gasteiger partial charge on any atom is -0.355 e. The maximum absolute atomic E-state index is 12.0. The van der Waals surface area contributed by atoms with E-state index in [2.05, 4.69) is 25.6 Å². The van der Waals surface area contributed by atoms with Crippen LogP contribution in [-0.2, 0) is 4.79 Å². The topological polar surface area (TPSA) is 82.2 Å². The summed E-state index contributed by atoms with van der Waals surface area (Å²) in [6, 6.07) is 1.72. The normalized spacial score (nSPS) is 19.6. The number of hydrogen-bond acceptors (Lipinski definition) is 4. The second kappa shape index (κ2) is 5.14. The Balaban J connectivity index is 1.64. The summed E-state index contributed by atoms with van der Waals surface area (Å²) >= 11 is 6.21. The van der Waals surface area contributed by atoms with Crippen molar-refractivity contribution in [3.8, 4) is 0 Å². The van der Waals surface area contributed by atoms with E-state index >= 15 is 0 Å². The average Bonchev–Trinajstić information content (AvgIpc) is 3.14. The number of aromatic nitrogens is 2. The number of carbonyl (C=O) groups is 1. The highest BCUT2D eigenvalue weighted by Gasteiger charge is 2.24. The third-order valence-electron chi connectivity index (χ3n) is 3.80. The van der Waals surface area contributed by atoms with Crippen LogP contribution in [0.2, 0.25) is 5.02 Å². The van der Waals surface area contributed by atoms with Crippen molar-refractivity contribution in [1.29, 1.82) is 0 Å². The second-order valence-corrected chi connectivity index (χ2v) is 5.94. The first kappa shape index (κ1) is 13.3. The summed E-state index contributed by atoms with van der Waals surface area (Å²) in [7, 11) is 0. The maximum atomic E-state index is 12.0. The van der Waals surface area contributed by atoms with Crippen LogP contribution in [0, 0.1) is 5.92 Å². The van der Waals surface area contributed by atoms with Crippen molar-refractivity contribution in [2.45, 2.75) is 12.8 Å². The molecule has 0 bridgehead atoms. The number of fused-ring (bicyclic) bond motifs is 1. The SMILES string of the molecule is O=C1NC(NCC2CC2)=NC1=Cc1c[nH]c2nccc(Cl)c12. The van der Waals surface area contributed by atoms with Gasteiger partial charge in [0, 0.05) is 29.9 Å². The summed E-state index contributed by atoms with van der Waals surface area (Å²) in [6.45, 7) is 0.856. The van der Waals surface area contributed by atoms with Gasteiger partial charge in [-0.3, -0.25) is 10.1 Å². The molecule has 0 saturated heterocycles. The fraction of sp³-hybridized carbons (Fsp3) is 0.267. The minimum atomic E-state index is -0.215. The van der Waals surface area contributed by atoms with Gasteiger partial charge >= 0.3 is 0 Å². The zero-order valence-electron chi connectivity index (χ0n) is 11.7. The van der Waals surface area contributed by atoms with Crippen LogP contribution >= 0.6 is 11.6 Å². The van der Waals surface area contributed by atoms with E-state index in [0.29, 0.717) is 28.2 Å². The molecule has 2 aromatic heterocycles. The molecule has 1 amide bonds. The van der Waals surface area contributed by atoms with Gasteiger partial charge in [-0.05, 0) is 30.9 Å². The molecule has 2 aliphatic rings. The monoisotopic (exact) mass is 315 g/mol. The number of halogens is 1. The van der Waals surface area contributed by atoms with Gasteiger partial charge in [0.2, 0.25) is 5.96 Å². The molecule has 1 saturated carbocycles. The van der Waals surface area contributed by atoms with Crippen LogP contribution in [-0.4, -0.2) is 28.4 Å². The Hall–Kier alpha value is -2.34. The van der Waals surface area contributed by atoms with Crippen molar-refractivity contribution >= 4 is 40.6 Å². The first-order chi connectivity index (χ1) is 10.7. The van der Waals surface area contributed by atoms with Gasteiger partial charge < -0.3 is 10.3 Å². The number of guanidine groups is 1. The fourth-order valence-electron chi connectivity index (χ4n) is 2.42. The van der Waals surface area contributed by atoms with Crippen molar-refractivity contribution in [2.75, 3.05) is 6.54 Å². The Kier molecular flexibility index (Phi) is 3.11. The third-order valence-corrected chi connectivity index (χ3v) is 4.11. The van der Waals surface area contributed by atoms with E-state index in [1.54, 1.807) is 24.5 Å². The number of hydrogen-bond donors (Lipinski definition) is 3. The molecule has 3 N–H and O–H groups in total. The zero-order chi connectivity index (χ0) is 15.1. The van der Waals surface area contributed by atoms with Gasteiger partial charge in [0.05, 0.1) is 5.02 Å². The van der Waals surface area contributed by atoms with Crippen LogP contribution in [0.3, 0.4) is 0 Å². The lowest BCUT2D eigenvalue weighted by atomic mass is 10.2. The van der Waals surface area contributed by atoms with Crippen LogP contribution in [0.15, 0.2) is 29.1 Å². The van der Waals surface area contributed by atoms with Crippen LogP contribution in [0.25, 0.3) is 17.1 Å². The van der Waals surface area contributed by atoms with Gasteiger partial charge in [-0.15, -0.1) is 0 Å². The van der Waals surface area contributed by atoms with Gasteiger partial charge in [0.1, 0.15) is 11.3 Å². The molecule has 7 heteroatoms. The average molecular weight is 316 g/mol. The number of nitrogens with one attached hydrogen (secondary N) is 3. The van der Waals surface area contributed by atoms with Gasteiger partial charge in [-0.1, -0.05) is 11.6 Å². The van der Waals surface area contributed by atoms with E-state index in [4.69, 9.17) is 11.6 Å². The molecule has 4 rings (SSSR count). The number of H-pyrrole nitrogens is 1. The Labute approximate surface area is 131 Å². The number of aliphatic imine (C=N–C) groups is 1. The lowest BCUT2D eigenvalue weighted by Gasteiger charge is -2.02. The summed E-state index contributed by atoms with van der Waals surface area (Å²) < 4.78 is 0. The number of rotatable bonds is 3. The lowest BCUT2D eigenvalue weighted by Crippen LogP contribution is -2.37. The molecule has 112 valence electrons. The molecule has 3 heterocycles. The molecule has 2 aromatic rings. The van der Waals surface area contributed by atoms with Crippen molar-refractivity contribution < 1.29 is 4.79 Å². The second-order valence-electron chi connectivity index (χ2n) is 5.53. The van der Waals surface area contributed by atoms with Crippen LogP contribution < -0.4 is 10.6 Å². The molecule has 1 aliphatic heterocycles. The summed E-state index contributed by atoms with van der Waals surface area (Å²) in [5, 5.41) is 7.28. The Morgan fingerprint density at radius 2 is 2.32 bits per heavy atom. The van der Waals surface area contributed by atoms with E-state index < -0.39 is 0 Å². The van der Waals surface area contributed by atoms with Crippen LogP contribution in [0.4, 0.5) is 0 Å². The van der Waals surface area contributed by atoms with Crippen molar-refractivity contribution in [3.63, 3.8) is 0 Å². The number of pyridine rings is 1. The molecule has 0 radical (unpaired) electrons. The zero-order valence-corrected chi connectivity index (χ0v) is 12.4. The molecular formula is C15H14ClN5O. The van der Waals surface area contributed by atoms with E-state index in [9.17, 15) is 4.79 Å². The highest BCUT2D eigenvalue weighted by Crippen LogP contribution is 2.28.